The predicted octanol–water partition coefficient (Wildman–Crippen LogP) is 4.85. The molecule has 0 bridgehead atoms. The van der Waals surface area contributed by atoms with Crippen molar-refractivity contribution < 1.29 is 4.79 Å². The normalized spacial score (nSPS) is 10.3. The van der Waals surface area contributed by atoms with Crippen LogP contribution in [0.15, 0.2) is 91.0 Å². The van der Waals surface area contributed by atoms with Crippen LogP contribution in [0.3, 0.4) is 0 Å². The van der Waals surface area contributed by atoms with Crippen molar-refractivity contribution in [1.82, 2.24) is 0 Å². The van der Waals surface area contributed by atoms with Crippen LogP contribution in [0.1, 0.15) is 17.5 Å². The number of rotatable bonds is 6. The molecular weight excluding hydrogens is 294 g/mol. The fraction of sp³-hybridized carbons (Fsp3) is 0.136. The van der Waals surface area contributed by atoms with Crippen molar-refractivity contribution >= 4 is 11.6 Å². The second kappa shape index (κ2) is 8.11. The number of hydrogen-bond donors (Lipinski definition) is 0. The Balaban J connectivity index is 1.75. The summed E-state index contributed by atoms with van der Waals surface area (Å²) >= 11 is 0. The van der Waals surface area contributed by atoms with Crippen molar-refractivity contribution in [3.63, 3.8) is 0 Å². The van der Waals surface area contributed by atoms with Gasteiger partial charge in [-0.1, -0.05) is 78.9 Å². The molecule has 0 aliphatic carbocycles. The van der Waals surface area contributed by atoms with Crippen molar-refractivity contribution in [2.24, 2.45) is 0 Å². The van der Waals surface area contributed by atoms with E-state index in [4.69, 9.17) is 0 Å². The molecule has 0 aliphatic heterocycles. The quantitative estimate of drug-likeness (QED) is 0.636. The minimum absolute atomic E-state index is 0.147. The summed E-state index contributed by atoms with van der Waals surface area (Å²) in [6.45, 7) is 0.596. The lowest BCUT2D eigenvalue weighted by atomic mass is 10.1. The maximum absolute atomic E-state index is 12.8. The van der Waals surface area contributed by atoms with E-state index in [1.54, 1.807) is 0 Å². The van der Waals surface area contributed by atoms with E-state index in [-0.39, 0.29) is 5.91 Å². The Labute approximate surface area is 143 Å². The summed E-state index contributed by atoms with van der Waals surface area (Å²) in [5.74, 6) is 0.147. The van der Waals surface area contributed by atoms with Gasteiger partial charge in [-0.2, -0.15) is 0 Å². The minimum Gasteiger partial charge on any atom is -0.308 e. The van der Waals surface area contributed by atoms with Gasteiger partial charge in [0.2, 0.25) is 5.91 Å². The second-order valence-corrected chi connectivity index (χ2v) is 5.79. The van der Waals surface area contributed by atoms with E-state index in [0.717, 1.165) is 17.7 Å². The first-order chi connectivity index (χ1) is 11.8. The number of hydrogen-bond acceptors (Lipinski definition) is 1. The van der Waals surface area contributed by atoms with E-state index in [2.05, 4.69) is 24.3 Å². The summed E-state index contributed by atoms with van der Waals surface area (Å²) in [6.07, 6.45) is 1.27. The van der Waals surface area contributed by atoms with E-state index < -0.39 is 0 Å². The Morgan fingerprint density at radius 1 is 0.667 bits per heavy atom. The van der Waals surface area contributed by atoms with Gasteiger partial charge in [-0.25, -0.2) is 0 Å². The highest BCUT2D eigenvalue weighted by Gasteiger charge is 2.15. The van der Waals surface area contributed by atoms with Crippen molar-refractivity contribution in [1.29, 1.82) is 0 Å². The SMILES string of the molecule is O=C(CCc1ccccc1)N(Cc1ccccc1)c1ccccc1. The number of amides is 1. The molecule has 0 heterocycles. The summed E-state index contributed by atoms with van der Waals surface area (Å²) < 4.78 is 0. The fourth-order valence-electron chi connectivity index (χ4n) is 2.73. The first-order valence-electron chi connectivity index (χ1n) is 8.26. The predicted molar refractivity (Wildman–Crippen MR) is 98.8 cm³/mol. The second-order valence-electron chi connectivity index (χ2n) is 5.79. The lowest BCUT2D eigenvalue weighted by molar-refractivity contribution is -0.118. The molecular formula is C22H21NO. The van der Waals surface area contributed by atoms with Gasteiger partial charge in [-0.05, 0) is 29.7 Å². The van der Waals surface area contributed by atoms with Gasteiger partial charge < -0.3 is 4.90 Å². The molecule has 1 amide bonds. The summed E-state index contributed by atoms with van der Waals surface area (Å²) in [7, 11) is 0. The standard InChI is InChI=1S/C22H21NO/c24-22(17-16-19-10-4-1-5-11-19)23(21-14-8-3-9-15-21)18-20-12-6-2-7-13-20/h1-15H,16-18H2. The highest BCUT2D eigenvalue weighted by Crippen LogP contribution is 2.19. The first-order valence-corrected chi connectivity index (χ1v) is 8.26. The monoisotopic (exact) mass is 315 g/mol. The summed E-state index contributed by atoms with van der Waals surface area (Å²) in [5, 5.41) is 0. The van der Waals surface area contributed by atoms with Gasteiger partial charge in [-0.3, -0.25) is 4.79 Å². The van der Waals surface area contributed by atoms with Crippen LogP contribution < -0.4 is 4.90 Å². The molecule has 0 aliphatic rings. The first kappa shape index (κ1) is 16.0. The molecule has 0 saturated heterocycles. The van der Waals surface area contributed by atoms with Crippen molar-refractivity contribution in [3.8, 4) is 0 Å². The molecule has 0 spiro atoms. The molecule has 0 N–H and O–H groups in total. The van der Waals surface area contributed by atoms with Gasteiger partial charge in [-0.15, -0.1) is 0 Å². The van der Waals surface area contributed by atoms with E-state index in [0.29, 0.717) is 13.0 Å². The van der Waals surface area contributed by atoms with Crippen LogP contribution in [-0.4, -0.2) is 5.91 Å². The molecule has 0 aromatic heterocycles. The zero-order valence-electron chi connectivity index (χ0n) is 13.6. The fourth-order valence-corrected chi connectivity index (χ4v) is 2.73. The molecule has 0 atom stereocenters. The molecule has 3 aromatic carbocycles. The molecule has 0 fully saturated rings. The zero-order chi connectivity index (χ0) is 16.6. The van der Waals surface area contributed by atoms with Crippen LogP contribution in [0.2, 0.25) is 0 Å². The van der Waals surface area contributed by atoms with E-state index in [1.165, 1.54) is 5.56 Å². The highest BCUT2D eigenvalue weighted by atomic mass is 16.2. The van der Waals surface area contributed by atoms with Crippen LogP contribution in [-0.2, 0) is 17.8 Å². The van der Waals surface area contributed by atoms with E-state index >= 15 is 0 Å². The molecule has 120 valence electrons. The number of para-hydroxylation sites is 1. The smallest absolute Gasteiger partial charge is 0.227 e. The summed E-state index contributed by atoms with van der Waals surface area (Å²) in [6, 6.07) is 30.2. The molecule has 3 aromatic rings. The van der Waals surface area contributed by atoms with Gasteiger partial charge in [0, 0.05) is 12.1 Å². The third-order valence-corrected chi connectivity index (χ3v) is 4.02. The van der Waals surface area contributed by atoms with Crippen molar-refractivity contribution in [2.75, 3.05) is 4.90 Å². The van der Waals surface area contributed by atoms with Crippen LogP contribution in [0.5, 0.6) is 0 Å². The third-order valence-electron chi connectivity index (χ3n) is 4.02. The Kier molecular flexibility index (Phi) is 5.41. The van der Waals surface area contributed by atoms with Crippen LogP contribution in [0.25, 0.3) is 0 Å². The average molecular weight is 315 g/mol. The average Bonchev–Trinajstić information content (AvgIpc) is 2.66. The van der Waals surface area contributed by atoms with Gasteiger partial charge in [0.15, 0.2) is 0 Å². The minimum atomic E-state index is 0.147. The molecule has 0 saturated carbocycles. The molecule has 2 heteroatoms. The largest absolute Gasteiger partial charge is 0.308 e. The molecule has 24 heavy (non-hydrogen) atoms. The van der Waals surface area contributed by atoms with Gasteiger partial charge in [0.1, 0.15) is 0 Å². The summed E-state index contributed by atoms with van der Waals surface area (Å²) in [5.41, 5.74) is 3.27. The van der Waals surface area contributed by atoms with Crippen LogP contribution in [0.4, 0.5) is 5.69 Å². The number of aryl methyl sites for hydroxylation is 1. The highest BCUT2D eigenvalue weighted by molar-refractivity contribution is 5.93. The maximum atomic E-state index is 12.8. The van der Waals surface area contributed by atoms with E-state index in [9.17, 15) is 4.79 Å². The molecule has 0 radical (unpaired) electrons. The Hall–Kier alpha value is -2.87. The number of benzene rings is 3. The van der Waals surface area contributed by atoms with Crippen molar-refractivity contribution in [2.45, 2.75) is 19.4 Å². The number of anilines is 1. The molecule has 3 rings (SSSR count). The Bertz CT molecular complexity index is 754. The van der Waals surface area contributed by atoms with Crippen LogP contribution >= 0.6 is 0 Å². The zero-order valence-corrected chi connectivity index (χ0v) is 13.6. The molecule has 0 unspecified atom stereocenters. The van der Waals surface area contributed by atoms with Gasteiger partial charge >= 0.3 is 0 Å². The maximum Gasteiger partial charge on any atom is 0.227 e. The van der Waals surface area contributed by atoms with Crippen LogP contribution in [0, 0.1) is 0 Å². The third kappa shape index (κ3) is 4.32. The number of nitrogens with zero attached hydrogens (tertiary/aromatic N) is 1. The summed E-state index contributed by atoms with van der Waals surface area (Å²) in [4.78, 5) is 14.7. The number of carbonyl (C=O) groups excluding carboxylic acids is 1. The Morgan fingerprint density at radius 2 is 1.17 bits per heavy atom. The lowest BCUT2D eigenvalue weighted by Gasteiger charge is -2.23. The Morgan fingerprint density at radius 3 is 1.75 bits per heavy atom. The topological polar surface area (TPSA) is 20.3 Å². The van der Waals surface area contributed by atoms with Gasteiger partial charge in [0.25, 0.3) is 0 Å². The molecule has 2 nitrogen and oxygen atoms in total. The van der Waals surface area contributed by atoms with E-state index in [1.807, 2.05) is 71.6 Å². The van der Waals surface area contributed by atoms with Crippen molar-refractivity contribution in [3.05, 3.63) is 102 Å². The number of carbonyl (C=O) groups is 1. The van der Waals surface area contributed by atoms with Gasteiger partial charge in [0.05, 0.1) is 6.54 Å². The lowest BCUT2D eigenvalue weighted by Crippen LogP contribution is -2.30.